The van der Waals surface area contributed by atoms with Crippen LogP contribution in [0.4, 0.5) is 0 Å². The summed E-state index contributed by atoms with van der Waals surface area (Å²) in [6.07, 6.45) is 3.70. The van der Waals surface area contributed by atoms with Gasteiger partial charge in [-0.25, -0.2) is 0 Å². The van der Waals surface area contributed by atoms with Crippen LogP contribution in [0.3, 0.4) is 0 Å². The number of hydrogen-bond donors (Lipinski definition) is 3. The first-order valence-electron chi connectivity index (χ1n) is 10.6. The van der Waals surface area contributed by atoms with Gasteiger partial charge in [0.1, 0.15) is 6.10 Å². The molecule has 6 nitrogen and oxygen atoms in total. The molecule has 9 atom stereocenters. The minimum absolute atomic E-state index is 0.0484. The van der Waals surface area contributed by atoms with Crippen LogP contribution in [0.15, 0.2) is 0 Å². The third kappa shape index (κ3) is 2.86. The van der Waals surface area contributed by atoms with E-state index >= 15 is 0 Å². The highest BCUT2D eigenvalue weighted by atomic mass is 16.6. The van der Waals surface area contributed by atoms with Crippen molar-refractivity contribution in [3.05, 3.63) is 0 Å². The monoisotopic (exact) mass is 382 g/mol. The standard InChI is InChI=1S/C21H34O6/c1-3-17(25)27-16-10-26-19-18-14(5-7-21(16,19)11-22)20(2)6-4-13(23)8-12(20)9-15(18)24/h12-16,18-19,22-24H,3-11H2,1-2H3/t12-,13+,14+,15+,16+,18+,19+,20+,21+/m1/s1. The Morgan fingerprint density at radius 3 is 2.70 bits per heavy atom. The zero-order valence-electron chi connectivity index (χ0n) is 16.5. The van der Waals surface area contributed by atoms with E-state index in [0.29, 0.717) is 31.3 Å². The fourth-order valence-electron chi connectivity index (χ4n) is 6.93. The molecule has 0 bridgehead atoms. The number of aliphatic hydroxyl groups excluding tert-OH is 3. The van der Waals surface area contributed by atoms with Crippen LogP contribution in [-0.4, -0.2) is 58.9 Å². The molecule has 3 aliphatic carbocycles. The Morgan fingerprint density at radius 1 is 1.22 bits per heavy atom. The second-order valence-corrected chi connectivity index (χ2v) is 9.63. The number of hydrogen-bond acceptors (Lipinski definition) is 6. The second kappa shape index (κ2) is 6.97. The molecule has 4 rings (SSSR count). The van der Waals surface area contributed by atoms with Crippen molar-refractivity contribution >= 4 is 5.97 Å². The molecule has 1 saturated heterocycles. The van der Waals surface area contributed by atoms with Gasteiger partial charge < -0.3 is 24.8 Å². The minimum atomic E-state index is -0.607. The quantitative estimate of drug-likeness (QED) is 0.642. The van der Waals surface area contributed by atoms with Gasteiger partial charge >= 0.3 is 5.97 Å². The summed E-state index contributed by atoms with van der Waals surface area (Å²) in [6, 6.07) is 0. The third-order valence-corrected chi connectivity index (χ3v) is 8.55. The topological polar surface area (TPSA) is 96.2 Å². The molecule has 0 aromatic carbocycles. The average Bonchev–Trinajstić information content (AvgIpc) is 3.02. The Morgan fingerprint density at radius 2 is 2.00 bits per heavy atom. The number of aliphatic hydroxyl groups is 3. The lowest BCUT2D eigenvalue weighted by Crippen LogP contribution is -2.62. The fourth-order valence-corrected chi connectivity index (χ4v) is 6.93. The summed E-state index contributed by atoms with van der Waals surface area (Å²) < 4.78 is 11.8. The molecule has 0 unspecified atom stereocenters. The number of ether oxygens (including phenoxy) is 2. The van der Waals surface area contributed by atoms with Gasteiger partial charge in [0.25, 0.3) is 0 Å². The van der Waals surface area contributed by atoms with Crippen LogP contribution in [0.2, 0.25) is 0 Å². The molecule has 0 radical (unpaired) electrons. The van der Waals surface area contributed by atoms with E-state index in [1.165, 1.54) is 0 Å². The Bertz CT molecular complexity index is 581. The SMILES string of the molecule is CCC(=O)O[C@H]1CO[C@H]2[C@@H]3[C@@H](O)C[C@H]4C[C@@H](O)CC[C@]4(C)[C@H]3CC[C@]12CO. The van der Waals surface area contributed by atoms with Gasteiger partial charge in [0, 0.05) is 12.3 Å². The molecule has 4 fully saturated rings. The molecule has 1 heterocycles. The molecule has 154 valence electrons. The molecule has 6 heteroatoms. The van der Waals surface area contributed by atoms with Crippen molar-refractivity contribution in [1.29, 1.82) is 0 Å². The van der Waals surface area contributed by atoms with E-state index in [0.717, 1.165) is 32.1 Å². The fraction of sp³-hybridized carbons (Fsp3) is 0.952. The van der Waals surface area contributed by atoms with Gasteiger partial charge in [-0.05, 0) is 55.8 Å². The van der Waals surface area contributed by atoms with Crippen LogP contribution < -0.4 is 0 Å². The van der Waals surface area contributed by atoms with Crippen LogP contribution in [0.25, 0.3) is 0 Å². The second-order valence-electron chi connectivity index (χ2n) is 9.63. The van der Waals surface area contributed by atoms with Crippen molar-refractivity contribution in [2.45, 2.75) is 83.2 Å². The average molecular weight is 382 g/mol. The summed E-state index contributed by atoms with van der Waals surface area (Å²) in [5.74, 6) is 0.322. The predicted molar refractivity (Wildman–Crippen MR) is 97.7 cm³/mol. The van der Waals surface area contributed by atoms with E-state index in [1.54, 1.807) is 6.92 Å². The zero-order valence-corrected chi connectivity index (χ0v) is 16.5. The van der Waals surface area contributed by atoms with E-state index in [4.69, 9.17) is 9.47 Å². The van der Waals surface area contributed by atoms with E-state index < -0.39 is 17.6 Å². The molecule has 0 amide bonds. The highest BCUT2D eigenvalue weighted by molar-refractivity contribution is 5.69. The maximum Gasteiger partial charge on any atom is 0.305 e. The van der Waals surface area contributed by atoms with Crippen molar-refractivity contribution in [3.63, 3.8) is 0 Å². The van der Waals surface area contributed by atoms with Crippen molar-refractivity contribution in [2.75, 3.05) is 13.2 Å². The van der Waals surface area contributed by atoms with Gasteiger partial charge in [-0.15, -0.1) is 0 Å². The minimum Gasteiger partial charge on any atom is -0.459 e. The van der Waals surface area contributed by atoms with Gasteiger partial charge in [0.15, 0.2) is 0 Å². The van der Waals surface area contributed by atoms with Gasteiger partial charge in [-0.3, -0.25) is 4.79 Å². The first kappa shape index (κ1) is 19.6. The Kier molecular flexibility index (Phi) is 5.07. The third-order valence-electron chi connectivity index (χ3n) is 8.55. The first-order valence-corrected chi connectivity index (χ1v) is 10.6. The molecular weight excluding hydrogens is 348 g/mol. The van der Waals surface area contributed by atoms with Crippen LogP contribution in [0.1, 0.15) is 58.8 Å². The number of carbonyl (C=O) groups excluding carboxylic acids is 1. The first-order chi connectivity index (χ1) is 12.9. The number of esters is 1. The number of carbonyl (C=O) groups is 1. The molecular formula is C21H34O6. The molecule has 0 spiro atoms. The summed E-state index contributed by atoms with van der Waals surface area (Å²) in [5.41, 5.74) is -0.517. The van der Waals surface area contributed by atoms with Crippen molar-refractivity contribution in [1.82, 2.24) is 0 Å². The van der Waals surface area contributed by atoms with Crippen LogP contribution in [-0.2, 0) is 14.3 Å². The lowest BCUT2D eigenvalue weighted by atomic mass is 9.45. The van der Waals surface area contributed by atoms with Gasteiger partial charge in [-0.2, -0.15) is 0 Å². The summed E-state index contributed by atoms with van der Waals surface area (Å²) >= 11 is 0. The van der Waals surface area contributed by atoms with Crippen LogP contribution >= 0.6 is 0 Å². The summed E-state index contributed by atoms with van der Waals surface area (Å²) in [6.45, 7) is 4.30. The van der Waals surface area contributed by atoms with E-state index in [9.17, 15) is 20.1 Å². The molecule has 0 aromatic heterocycles. The molecule has 1 aliphatic heterocycles. The highest BCUT2D eigenvalue weighted by Crippen LogP contribution is 2.63. The largest absolute Gasteiger partial charge is 0.459 e. The van der Waals surface area contributed by atoms with Crippen LogP contribution in [0.5, 0.6) is 0 Å². The maximum absolute atomic E-state index is 11.9. The number of rotatable bonds is 3. The Balaban J connectivity index is 1.62. The smallest absolute Gasteiger partial charge is 0.305 e. The van der Waals surface area contributed by atoms with Crippen LogP contribution in [0, 0.1) is 28.6 Å². The Labute approximate surface area is 161 Å². The molecule has 4 aliphatic rings. The maximum atomic E-state index is 11.9. The van der Waals surface area contributed by atoms with Gasteiger partial charge in [0.05, 0.1) is 36.9 Å². The van der Waals surface area contributed by atoms with Crippen molar-refractivity contribution in [3.8, 4) is 0 Å². The molecule has 0 aromatic rings. The summed E-state index contributed by atoms with van der Waals surface area (Å²) in [5, 5.41) is 31.5. The van der Waals surface area contributed by atoms with Crippen molar-refractivity contribution < 1.29 is 29.6 Å². The summed E-state index contributed by atoms with van der Waals surface area (Å²) in [7, 11) is 0. The van der Waals surface area contributed by atoms with E-state index in [1.807, 2.05) is 0 Å². The highest BCUT2D eigenvalue weighted by Gasteiger charge is 2.65. The van der Waals surface area contributed by atoms with Gasteiger partial charge in [0.2, 0.25) is 0 Å². The van der Waals surface area contributed by atoms with Crippen molar-refractivity contribution in [2.24, 2.45) is 28.6 Å². The normalized spacial score (nSPS) is 51.8. The zero-order chi connectivity index (χ0) is 19.4. The molecule has 3 saturated carbocycles. The molecule has 27 heavy (non-hydrogen) atoms. The number of fused-ring (bicyclic) bond motifs is 5. The molecule has 3 N–H and O–H groups in total. The lowest BCUT2D eigenvalue weighted by molar-refractivity contribution is -0.202. The predicted octanol–water partition coefficient (Wildman–Crippen LogP) is 1.64. The van der Waals surface area contributed by atoms with E-state index in [2.05, 4.69) is 6.92 Å². The lowest BCUT2D eigenvalue weighted by Gasteiger charge is -2.61. The van der Waals surface area contributed by atoms with Gasteiger partial charge in [-0.1, -0.05) is 13.8 Å². The van der Waals surface area contributed by atoms with E-state index in [-0.39, 0.29) is 36.1 Å². The Hall–Kier alpha value is -0.690. The summed E-state index contributed by atoms with van der Waals surface area (Å²) in [4.78, 5) is 11.9.